The zero-order chi connectivity index (χ0) is 19.6. The first-order valence-corrected chi connectivity index (χ1v) is 8.32. The molecule has 2 rings (SSSR count). The van der Waals surface area contributed by atoms with Crippen molar-refractivity contribution in [2.24, 2.45) is 5.10 Å². The maximum atomic E-state index is 12.0. The summed E-state index contributed by atoms with van der Waals surface area (Å²) in [5.74, 6) is -1.49. The molecular formula is C19H20N4O4. The van der Waals surface area contributed by atoms with Gasteiger partial charge in [0.2, 0.25) is 5.91 Å². The third-order valence-corrected chi connectivity index (χ3v) is 3.65. The van der Waals surface area contributed by atoms with E-state index in [9.17, 15) is 14.4 Å². The van der Waals surface area contributed by atoms with E-state index >= 15 is 0 Å². The van der Waals surface area contributed by atoms with Gasteiger partial charge in [0.25, 0.3) is 5.91 Å². The largest absolute Gasteiger partial charge is 0.481 e. The standard InChI is InChI=1S/C19H20N4O4/c1-13(22-23-19(27)15-9-11-20-12-10-15)14-5-7-16(8-6-14)21-17(24)3-2-4-18(25)26/h5-12H,2-4H2,1H3,(H,21,24)(H,23,27)(H,25,26). The van der Waals surface area contributed by atoms with Gasteiger partial charge in [0, 0.05) is 36.5 Å². The van der Waals surface area contributed by atoms with Crippen LogP contribution in [0.25, 0.3) is 0 Å². The molecular weight excluding hydrogens is 348 g/mol. The number of carboxylic acids is 1. The summed E-state index contributed by atoms with van der Waals surface area (Å²) in [6.45, 7) is 1.76. The van der Waals surface area contributed by atoms with E-state index in [1.54, 1.807) is 43.3 Å². The fraction of sp³-hybridized carbons (Fsp3) is 0.211. The first-order chi connectivity index (χ1) is 13.0. The molecule has 0 aliphatic heterocycles. The van der Waals surface area contributed by atoms with Crippen molar-refractivity contribution in [2.45, 2.75) is 26.2 Å². The number of nitrogens with one attached hydrogen (secondary N) is 2. The number of amides is 2. The number of rotatable bonds is 8. The second-order valence-electron chi connectivity index (χ2n) is 5.75. The minimum atomic E-state index is -0.919. The monoisotopic (exact) mass is 368 g/mol. The highest BCUT2D eigenvalue weighted by Gasteiger charge is 2.06. The smallest absolute Gasteiger partial charge is 0.303 e. The van der Waals surface area contributed by atoms with Crippen LogP contribution in [-0.2, 0) is 9.59 Å². The zero-order valence-corrected chi connectivity index (χ0v) is 14.8. The van der Waals surface area contributed by atoms with Crippen LogP contribution in [0, 0.1) is 0 Å². The first-order valence-electron chi connectivity index (χ1n) is 8.32. The zero-order valence-electron chi connectivity index (χ0n) is 14.8. The molecule has 3 N–H and O–H groups in total. The SMILES string of the molecule is CC(=NNC(=O)c1ccncc1)c1ccc(NC(=O)CCCC(=O)O)cc1. The molecule has 0 radical (unpaired) electrons. The Morgan fingerprint density at radius 2 is 1.67 bits per heavy atom. The minimum Gasteiger partial charge on any atom is -0.481 e. The highest BCUT2D eigenvalue weighted by molar-refractivity contribution is 6.01. The summed E-state index contributed by atoms with van der Waals surface area (Å²) >= 11 is 0. The fourth-order valence-corrected chi connectivity index (χ4v) is 2.19. The van der Waals surface area contributed by atoms with Crippen LogP contribution in [0.5, 0.6) is 0 Å². The third-order valence-electron chi connectivity index (χ3n) is 3.65. The van der Waals surface area contributed by atoms with Crippen LogP contribution in [0.3, 0.4) is 0 Å². The average molecular weight is 368 g/mol. The Hall–Kier alpha value is -3.55. The van der Waals surface area contributed by atoms with Gasteiger partial charge in [-0.05, 0) is 43.2 Å². The van der Waals surface area contributed by atoms with Crippen molar-refractivity contribution < 1.29 is 19.5 Å². The molecule has 0 aliphatic carbocycles. The van der Waals surface area contributed by atoms with Crippen LogP contribution in [0.2, 0.25) is 0 Å². The van der Waals surface area contributed by atoms with E-state index in [0.717, 1.165) is 5.56 Å². The lowest BCUT2D eigenvalue weighted by Gasteiger charge is -2.07. The number of aromatic nitrogens is 1. The van der Waals surface area contributed by atoms with E-state index in [2.05, 4.69) is 20.8 Å². The Balaban J connectivity index is 1.89. The summed E-state index contributed by atoms with van der Waals surface area (Å²) in [6, 6.07) is 10.2. The van der Waals surface area contributed by atoms with E-state index in [0.29, 0.717) is 23.4 Å². The number of hydrogen-bond donors (Lipinski definition) is 3. The molecule has 27 heavy (non-hydrogen) atoms. The third kappa shape index (κ3) is 6.69. The summed E-state index contributed by atoms with van der Waals surface area (Å²) in [7, 11) is 0. The van der Waals surface area contributed by atoms with Gasteiger partial charge in [0.1, 0.15) is 0 Å². The molecule has 2 amide bonds. The van der Waals surface area contributed by atoms with Gasteiger partial charge in [-0.25, -0.2) is 5.43 Å². The lowest BCUT2D eigenvalue weighted by Crippen LogP contribution is -2.19. The number of carboxylic acid groups (broad SMARTS) is 1. The summed E-state index contributed by atoms with van der Waals surface area (Å²) in [6.07, 6.45) is 3.46. The van der Waals surface area contributed by atoms with Crippen LogP contribution >= 0.6 is 0 Å². The van der Waals surface area contributed by atoms with Gasteiger partial charge in [-0.1, -0.05) is 12.1 Å². The maximum Gasteiger partial charge on any atom is 0.303 e. The van der Waals surface area contributed by atoms with E-state index < -0.39 is 5.97 Å². The Bertz CT molecular complexity index is 833. The molecule has 140 valence electrons. The molecule has 0 unspecified atom stereocenters. The summed E-state index contributed by atoms with van der Waals surface area (Å²) in [4.78, 5) is 38.0. The van der Waals surface area contributed by atoms with Crippen LogP contribution in [-0.4, -0.2) is 33.6 Å². The number of nitrogens with zero attached hydrogens (tertiary/aromatic N) is 2. The maximum absolute atomic E-state index is 12.0. The number of aliphatic carboxylic acids is 1. The van der Waals surface area contributed by atoms with Crippen LogP contribution in [0.1, 0.15) is 42.1 Å². The predicted molar refractivity (Wildman–Crippen MR) is 100 cm³/mol. The normalized spacial score (nSPS) is 10.9. The predicted octanol–water partition coefficient (Wildman–Crippen LogP) is 2.43. The van der Waals surface area contributed by atoms with Crippen molar-refractivity contribution in [3.05, 3.63) is 59.9 Å². The highest BCUT2D eigenvalue weighted by Crippen LogP contribution is 2.11. The molecule has 0 saturated heterocycles. The van der Waals surface area contributed by atoms with Crippen LogP contribution in [0.15, 0.2) is 53.9 Å². The molecule has 0 saturated carbocycles. The average Bonchev–Trinajstić information content (AvgIpc) is 2.66. The molecule has 1 heterocycles. The lowest BCUT2D eigenvalue weighted by atomic mass is 10.1. The van der Waals surface area contributed by atoms with Gasteiger partial charge >= 0.3 is 5.97 Å². The first kappa shape index (κ1) is 19.8. The number of benzene rings is 1. The topological polar surface area (TPSA) is 121 Å². The Morgan fingerprint density at radius 3 is 2.30 bits per heavy atom. The van der Waals surface area contributed by atoms with Crippen molar-refractivity contribution in [1.29, 1.82) is 0 Å². The Morgan fingerprint density at radius 1 is 1.00 bits per heavy atom. The van der Waals surface area contributed by atoms with Crippen molar-refractivity contribution >= 4 is 29.2 Å². The summed E-state index contributed by atoms with van der Waals surface area (Å²) in [5.41, 5.74) is 4.94. The molecule has 0 atom stereocenters. The van der Waals surface area contributed by atoms with Gasteiger partial charge < -0.3 is 10.4 Å². The van der Waals surface area contributed by atoms with Gasteiger partial charge in [0.15, 0.2) is 0 Å². The lowest BCUT2D eigenvalue weighted by molar-refractivity contribution is -0.137. The Kier molecular flexibility index (Phi) is 7.18. The van der Waals surface area contributed by atoms with Crippen molar-refractivity contribution in [3.63, 3.8) is 0 Å². The number of carbonyl (C=O) groups excluding carboxylic acids is 2. The van der Waals surface area contributed by atoms with Gasteiger partial charge in [-0.2, -0.15) is 5.10 Å². The molecule has 1 aromatic heterocycles. The van der Waals surface area contributed by atoms with Gasteiger partial charge in [-0.3, -0.25) is 19.4 Å². The second-order valence-corrected chi connectivity index (χ2v) is 5.75. The molecule has 0 bridgehead atoms. The minimum absolute atomic E-state index is 0.0345. The van der Waals surface area contributed by atoms with E-state index in [1.807, 2.05) is 0 Å². The van der Waals surface area contributed by atoms with Crippen molar-refractivity contribution in [1.82, 2.24) is 10.4 Å². The number of pyridine rings is 1. The number of anilines is 1. The molecule has 0 fully saturated rings. The van der Waals surface area contributed by atoms with Gasteiger partial charge in [-0.15, -0.1) is 0 Å². The van der Waals surface area contributed by atoms with E-state index in [1.165, 1.54) is 12.4 Å². The fourth-order valence-electron chi connectivity index (χ4n) is 2.19. The summed E-state index contributed by atoms with van der Waals surface area (Å²) in [5, 5.41) is 15.3. The Labute approximate surface area is 156 Å². The summed E-state index contributed by atoms with van der Waals surface area (Å²) < 4.78 is 0. The van der Waals surface area contributed by atoms with Crippen molar-refractivity contribution in [2.75, 3.05) is 5.32 Å². The quantitative estimate of drug-likeness (QED) is 0.488. The molecule has 0 spiro atoms. The second kappa shape index (κ2) is 9.81. The van der Waals surface area contributed by atoms with E-state index in [-0.39, 0.29) is 24.7 Å². The number of hydrogen-bond acceptors (Lipinski definition) is 5. The molecule has 0 aliphatic rings. The van der Waals surface area contributed by atoms with Crippen molar-refractivity contribution in [3.8, 4) is 0 Å². The molecule has 1 aromatic carbocycles. The number of hydrazone groups is 1. The molecule has 2 aromatic rings. The van der Waals surface area contributed by atoms with E-state index in [4.69, 9.17) is 5.11 Å². The molecule has 8 nitrogen and oxygen atoms in total. The van der Waals surface area contributed by atoms with Gasteiger partial charge in [0.05, 0.1) is 5.71 Å². The highest BCUT2D eigenvalue weighted by atomic mass is 16.4. The number of carbonyl (C=O) groups is 3. The van der Waals surface area contributed by atoms with Crippen LogP contribution in [0.4, 0.5) is 5.69 Å². The molecule has 8 heteroatoms. The van der Waals surface area contributed by atoms with Crippen LogP contribution < -0.4 is 10.7 Å².